The summed E-state index contributed by atoms with van der Waals surface area (Å²) >= 11 is 0. The minimum Gasteiger partial charge on any atom is -0.381 e. The molecule has 0 atom stereocenters. The molecular formula is C13H22N4O2. The van der Waals surface area contributed by atoms with Crippen LogP contribution in [0.15, 0.2) is 0 Å². The van der Waals surface area contributed by atoms with E-state index in [9.17, 15) is 4.79 Å². The van der Waals surface area contributed by atoms with E-state index in [0.29, 0.717) is 6.54 Å². The van der Waals surface area contributed by atoms with E-state index in [1.807, 2.05) is 13.8 Å². The molecule has 0 saturated carbocycles. The van der Waals surface area contributed by atoms with Crippen LogP contribution in [-0.4, -0.2) is 34.9 Å². The van der Waals surface area contributed by atoms with Gasteiger partial charge in [-0.25, -0.2) is 0 Å². The zero-order chi connectivity index (χ0) is 13.8. The molecule has 0 aliphatic carbocycles. The summed E-state index contributed by atoms with van der Waals surface area (Å²) in [7, 11) is 0. The Kier molecular flexibility index (Phi) is 4.55. The van der Waals surface area contributed by atoms with Gasteiger partial charge in [0.15, 0.2) is 0 Å². The summed E-state index contributed by atoms with van der Waals surface area (Å²) in [5.41, 5.74) is 8.58. The average Bonchev–Trinajstić information content (AvgIpc) is 2.65. The van der Waals surface area contributed by atoms with Gasteiger partial charge in [0, 0.05) is 37.1 Å². The standard InChI is InChI=1S/C13H22N4O2/c1-9-12(7-14)10(2)17(16-9)8-13(18)15-11-3-5-19-6-4-11/h11H,3-8,14H2,1-2H3,(H,15,18). The highest BCUT2D eigenvalue weighted by Crippen LogP contribution is 2.12. The molecule has 3 N–H and O–H groups in total. The van der Waals surface area contributed by atoms with Crippen molar-refractivity contribution in [2.24, 2.45) is 5.73 Å². The summed E-state index contributed by atoms with van der Waals surface area (Å²) < 4.78 is 7.00. The highest BCUT2D eigenvalue weighted by Gasteiger charge is 2.18. The lowest BCUT2D eigenvalue weighted by Gasteiger charge is -2.23. The maximum Gasteiger partial charge on any atom is 0.241 e. The van der Waals surface area contributed by atoms with Crippen molar-refractivity contribution in [1.29, 1.82) is 0 Å². The summed E-state index contributed by atoms with van der Waals surface area (Å²) in [4.78, 5) is 12.0. The third-order valence-corrected chi connectivity index (χ3v) is 3.62. The third-order valence-electron chi connectivity index (χ3n) is 3.62. The minimum absolute atomic E-state index is 0.000992. The Morgan fingerprint density at radius 2 is 2.16 bits per heavy atom. The van der Waals surface area contributed by atoms with Gasteiger partial charge in [-0.2, -0.15) is 5.10 Å². The maximum absolute atomic E-state index is 12.0. The van der Waals surface area contributed by atoms with E-state index >= 15 is 0 Å². The molecule has 1 aliphatic rings. The van der Waals surface area contributed by atoms with Gasteiger partial charge in [-0.1, -0.05) is 0 Å². The molecule has 1 aromatic heterocycles. The van der Waals surface area contributed by atoms with E-state index in [2.05, 4.69) is 10.4 Å². The molecule has 6 nitrogen and oxygen atoms in total. The predicted octanol–water partition coefficient (Wildman–Crippen LogP) is 0.254. The predicted molar refractivity (Wildman–Crippen MR) is 71.6 cm³/mol. The van der Waals surface area contributed by atoms with Crippen LogP contribution >= 0.6 is 0 Å². The lowest BCUT2D eigenvalue weighted by molar-refractivity contribution is -0.123. The zero-order valence-corrected chi connectivity index (χ0v) is 11.6. The number of ether oxygens (including phenoxy) is 1. The van der Waals surface area contributed by atoms with Crippen LogP contribution in [0.25, 0.3) is 0 Å². The van der Waals surface area contributed by atoms with Crippen molar-refractivity contribution in [3.05, 3.63) is 17.0 Å². The molecule has 0 unspecified atom stereocenters. The second-order valence-corrected chi connectivity index (χ2v) is 4.97. The summed E-state index contributed by atoms with van der Waals surface area (Å²) in [5, 5.41) is 7.40. The number of aryl methyl sites for hydroxylation is 1. The first-order valence-electron chi connectivity index (χ1n) is 6.72. The molecule has 2 heterocycles. The monoisotopic (exact) mass is 266 g/mol. The van der Waals surface area contributed by atoms with Gasteiger partial charge in [0.25, 0.3) is 0 Å². The van der Waals surface area contributed by atoms with Gasteiger partial charge in [-0.15, -0.1) is 0 Å². The van der Waals surface area contributed by atoms with Gasteiger partial charge in [0.05, 0.1) is 5.69 Å². The molecule has 1 aliphatic heterocycles. The van der Waals surface area contributed by atoms with Crippen molar-refractivity contribution in [3.63, 3.8) is 0 Å². The third kappa shape index (κ3) is 3.33. The summed E-state index contributed by atoms with van der Waals surface area (Å²) in [6, 6.07) is 0.229. The van der Waals surface area contributed by atoms with E-state index in [1.54, 1.807) is 4.68 Å². The molecule has 0 spiro atoms. The number of carbonyl (C=O) groups is 1. The number of nitrogens with one attached hydrogen (secondary N) is 1. The molecule has 1 aromatic rings. The number of hydrogen-bond donors (Lipinski definition) is 2. The minimum atomic E-state index is 0.000992. The largest absolute Gasteiger partial charge is 0.381 e. The highest BCUT2D eigenvalue weighted by atomic mass is 16.5. The Morgan fingerprint density at radius 3 is 2.74 bits per heavy atom. The molecule has 0 aromatic carbocycles. The quantitative estimate of drug-likeness (QED) is 0.818. The van der Waals surface area contributed by atoms with Gasteiger partial charge in [-0.3, -0.25) is 9.48 Å². The first-order chi connectivity index (χ1) is 9.11. The molecule has 19 heavy (non-hydrogen) atoms. The number of nitrogens with two attached hydrogens (primary N) is 1. The van der Waals surface area contributed by atoms with Crippen molar-refractivity contribution in [3.8, 4) is 0 Å². The second kappa shape index (κ2) is 6.16. The first kappa shape index (κ1) is 14.0. The average molecular weight is 266 g/mol. The van der Waals surface area contributed by atoms with E-state index in [-0.39, 0.29) is 18.5 Å². The van der Waals surface area contributed by atoms with E-state index < -0.39 is 0 Å². The fourth-order valence-corrected chi connectivity index (χ4v) is 2.43. The van der Waals surface area contributed by atoms with Crippen molar-refractivity contribution < 1.29 is 9.53 Å². The Balaban J connectivity index is 1.94. The van der Waals surface area contributed by atoms with Crippen LogP contribution in [0.5, 0.6) is 0 Å². The van der Waals surface area contributed by atoms with Crippen molar-refractivity contribution >= 4 is 5.91 Å². The molecule has 1 amide bonds. The SMILES string of the molecule is Cc1nn(CC(=O)NC2CCOCC2)c(C)c1CN. The van der Waals surface area contributed by atoms with Gasteiger partial charge >= 0.3 is 0 Å². The number of amides is 1. The fourth-order valence-electron chi connectivity index (χ4n) is 2.43. The molecule has 106 valence electrons. The van der Waals surface area contributed by atoms with Crippen LogP contribution in [0.2, 0.25) is 0 Å². The fraction of sp³-hybridized carbons (Fsp3) is 0.692. The number of hydrogen-bond acceptors (Lipinski definition) is 4. The number of aromatic nitrogens is 2. The van der Waals surface area contributed by atoms with Crippen LogP contribution < -0.4 is 11.1 Å². The summed E-state index contributed by atoms with van der Waals surface area (Å²) in [5.74, 6) is 0.000992. The molecule has 2 rings (SSSR count). The molecule has 1 fully saturated rings. The number of rotatable bonds is 4. The molecular weight excluding hydrogens is 244 g/mol. The van der Waals surface area contributed by atoms with Gasteiger partial charge < -0.3 is 15.8 Å². The Bertz CT molecular complexity index is 450. The van der Waals surface area contributed by atoms with Crippen LogP contribution in [0, 0.1) is 13.8 Å². The van der Waals surface area contributed by atoms with Crippen LogP contribution in [0.4, 0.5) is 0 Å². The van der Waals surface area contributed by atoms with Gasteiger partial charge in [0.2, 0.25) is 5.91 Å². The lowest BCUT2D eigenvalue weighted by Crippen LogP contribution is -2.40. The maximum atomic E-state index is 12.0. The van der Waals surface area contributed by atoms with Crippen LogP contribution in [0.1, 0.15) is 29.8 Å². The number of carbonyl (C=O) groups excluding carboxylic acids is 1. The zero-order valence-electron chi connectivity index (χ0n) is 11.6. The summed E-state index contributed by atoms with van der Waals surface area (Å²) in [6.45, 7) is 6.03. The second-order valence-electron chi connectivity index (χ2n) is 4.97. The van der Waals surface area contributed by atoms with Crippen molar-refractivity contribution in [2.45, 2.75) is 45.8 Å². The normalized spacial score (nSPS) is 16.6. The molecule has 0 bridgehead atoms. The van der Waals surface area contributed by atoms with Crippen LogP contribution in [-0.2, 0) is 22.6 Å². The smallest absolute Gasteiger partial charge is 0.241 e. The van der Waals surface area contributed by atoms with E-state index in [0.717, 1.165) is 43.0 Å². The first-order valence-corrected chi connectivity index (χ1v) is 6.72. The number of nitrogens with zero attached hydrogens (tertiary/aromatic N) is 2. The lowest BCUT2D eigenvalue weighted by atomic mass is 10.1. The van der Waals surface area contributed by atoms with E-state index in [1.165, 1.54) is 0 Å². The van der Waals surface area contributed by atoms with Gasteiger partial charge in [-0.05, 0) is 26.7 Å². The highest BCUT2D eigenvalue weighted by molar-refractivity contribution is 5.76. The van der Waals surface area contributed by atoms with Crippen molar-refractivity contribution in [1.82, 2.24) is 15.1 Å². The topological polar surface area (TPSA) is 82.2 Å². The van der Waals surface area contributed by atoms with E-state index in [4.69, 9.17) is 10.5 Å². The Hall–Kier alpha value is -1.40. The Labute approximate surface area is 113 Å². The molecule has 1 saturated heterocycles. The van der Waals surface area contributed by atoms with Gasteiger partial charge in [0.1, 0.15) is 6.54 Å². The Morgan fingerprint density at radius 1 is 1.47 bits per heavy atom. The molecule has 6 heteroatoms. The molecule has 0 radical (unpaired) electrons. The summed E-state index contributed by atoms with van der Waals surface area (Å²) in [6.07, 6.45) is 1.77. The van der Waals surface area contributed by atoms with Crippen molar-refractivity contribution in [2.75, 3.05) is 13.2 Å². The van der Waals surface area contributed by atoms with Crippen LogP contribution in [0.3, 0.4) is 0 Å².